The zero-order valence-electron chi connectivity index (χ0n) is 14.7. The smallest absolute Gasteiger partial charge is 0.227 e. The van der Waals surface area contributed by atoms with Crippen LogP contribution in [0.5, 0.6) is 0 Å². The van der Waals surface area contributed by atoms with Gasteiger partial charge in [0.15, 0.2) is 9.84 Å². The van der Waals surface area contributed by atoms with Gasteiger partial charge in [0.05, 0.1) is 17.4 Å². The molecule has 1 unspecified atom stereocenters. The SMILES string of the molecule is Cc1cccc(CC(=O)N2CCC(c3ccccc3Cl)S(=O)(=O)CC2)c1. The number of sulfone groups is 1. The molecule has 2 aromatic rings. The first-order valence-electron chi connectivity index (χ1n) is 8.66. The molecule has 4 nitrogen and oxygen atoms in total. The van der Waals surface area contributed by atoms with Gasteiger partial charge in [0.2, 0.25) is 5.91 Å². The highest BCUT2D eigenvalue weighted by atomic mass is 35.5. The van der Waals surface area contributed by atoms with E-state index in [2.05, 4.69) is 0 Å². The van der Waals surface area contributed by atoms with Crippen LogP contribution in [0.3, 0.4) is 0 Å². The van der Waals surface area contributed by atoms with Crippen molar-refractivity contribution < 1.29 is 13.2 Å². The number of amides is 1. The number of carbonyl (C=O) groups excluding carboxylic acids is 1. The van der Waals surface area contributed by atoms with E-state index in [1.54, 1.807) is 29.2 Å². The average Bonchev–Trinajstić information content (AvgIpc) is 2.74. The van der Waals surface area contributed by atoms with Gasteiger partial charge in [-0.3, -0.25) is 4.79 Å². The van der Waals surface area contributed by atoms with E-state index in [0.29, 0.717) is 30.0 Å². The molecule has 1 saturated heterocycles. The summed E-state index contributed by atoms with van der Waals surface area (Å²) in [6.45, 7) is 2.63. The Kier molecular flexibility index (Phi) is 5.68. The van der Waals surface area contributed by atoms with Crippen molar-refractivity contribution in [1.82, 2.24) is 4.90 Å². The van der Waals surface area contributed by atoms with Crippen molar-refractivity contribution in [1.29, 1.82) is 0 Å². The molecule has 138 valence electrons. The first kappa shape index (κ1) is 18.9. The van der Waals surface area contributed by atoms with Crippen LogP contribution in [-0.2, 0) is 21.1 Å². The van der Waals surface area contributed by atoms with E-state index >= 15 is 0 Å². The molecule has 1 heterocycles. The van der Waals surface area contributed by atoms with Crippen LogP contribution in [0.1, 0.15) is 28.4 Å². The zero-order valence-corrected chi connectivity index (χ0v) is 16.3. The third-order valence-electron chi connectivity index (χ3n) is 4.78. The molecule has 0 aromatic heterocycles. The number of aryl methyl sites for hydroxylation is 1. The number of hydrogen-bond acceptors (Lipinski definition) is 3. The van der Waals surface area contributed by atoms with E-state index in [1.807, 2.05) is 31.2 Å². The Morgan fingerprint density at radius 2 is 1.92 bits per heavy atom. The van der Waals surface area contributed by atoms with Crippen LogP contribution < -0.4 is 0 Å². The highest BCUT2D eigenvalue weighted by Gasteiger charge is 2.33. The summed E-state index contributed by atoms with van der Waals surface area (Å²) < 4.78 is 25.5. The zero-order chi connectivity index (χ0) is 18.7. The molecule has 2 aromatic carbocycles. The Labute approximate surface area is 159 Å². The van der Waals surface area contributed by atoms with Crippen molar-refractivity contribution in [2.45, 2.75) is 25.0 Å². The van der Waals surface area contributed by atoms with Crippen LogP contribution >= 0.6 is 11.6 Å². The predicted octanol–water partition coefficient (Wildman–Crippen LogP) is 3.58. The van der Waals surface area contributed by atoms with Crippen LogP contribution in [0, 0.1) is 6.92 Å². The fourth-order valence-corrected chi connectivity index (χ4v) is 5.54. The Hall–Kier alpha value is -1.85. The second kappa shape index (κ2) is 7.80. The van der Waals surface area contributed by atoms with Gasteiger partial charge in [0, 0.05) is 18.1 Å². The van der Waals surface area contributed by atoms with E-state index < -0.39 is 15.1 Å². The second-order valence-corrected chi connectivity index (χ2v) is 9.42. The van der Waals surface area contributed by atoms with Gasteiger partial charge in [-0.05, 0) is 30.5 Å². The standard InChI is InChI=1S/C20H22ClNO3S/c1-15-5-4-6-16(13-15)14-20(23)22-10-9-19(26(24,25)12-11-22)17-7-2-3-8-18(17)21/h2-8,13,19H,9-12,14H2,1H3. The molecule has 26 heavy (non-hydrogen) atoms. The molecule has 0 aliphatic carbocycles. The number of hydrogen-bond donors (Lipinski definition) is 0. The summed E-state index contributed by atoms with van der Waals surface area (Å²) >= 11 is 6.21. The maximum absolute atomic E-state index is 12.7. The van der Waals surface area contributed by atoms with Gasteiger partial charge in [-0.1, -0.05) is 59.6 Å². The monoisotopic (exact) mass is 391 g/mol. The predicted molar refractivity (Wildman–Crippen MR) is 104 cm³/mol. The molecule has 1 atom stereocenters. The molecule has 0 N–H and O–H groups in total. The van der Waals surface area contributed by atoms with Gasteiger partial charge in [-0.25, -0.2) is 8.42 Å². The van der Waals surface area contributed by atoms with Crippen LogP contribution in [0.15, 0.2) is 48.5 Å². The fraction of sp³-hybridized carbons (Fsp3) is 0.350. The van der Waals surface area contributed by atoms with Crippen molar-refractivity contribution in [2.24, 2.45) is 0 Å². The molecule has 0 saturated carbocycles. The van der Waals surface area contributed by atoms with Gasteiger partial charge >= 0.3 is 0 Å². The summed E-state index contributed by atoms with van der Waals surface area (Å²) in [4.78, 5) is 14.3. The highest BCUT2D eigenvalue weighted by Crippen LogP contribution is 2.33. The first-order chi connectivity index (χ1) is 12.4. The fourth-order valence-electron chi connectivity index (χ4n) is 3.39. The molecule has 0 spiro atoms. The lowest BCUT2D eigenvalue weighted by molar-refractivity contribution is -0.130. The van der Waals surface area contributed by atoms with Gasteiger partial charge in [-0.15, -0.1) is 0 Å². The Morgan fingerprint density at radius 3 is 2.65 bits per heavy atom. The molecule has 0 radical (unpaired) electrons. The summed E-state index contributed by atoms with van der Waals surface area (Å²) in [5, 5.41) is -0.200. The maximum atomic E-state index is 12.7. The molecular formula is C20H22ClNO3S. The third kappa shape index (κ3) is 4.27. The number of nitrogens with zero attached hydrogens (tertiary/aromatic N) is 1. The van der Waals surface area contributed by atoms with Gasteiger partial charge in [-0.2, -0.15) is 0 Å². The van der Waals surface area contributed by atoms with Crippen molar-refractivity contribution in [3.05, 3.63) is 70.2 Å². The summed E-state index contributed by atoms with van der Waals surface area (Å²) in [5.74, 6) is -0.0757. The van der Waals surface area contributed by atoms with E-state index in [0.717, 1.165) is 11.1 Å². The van der Waals surface area contributed by atoms with Crippen LogP contribution in [0.2, 0.25) is 5.02 Å². The average molecular weight is 392 g/mol. The Balaban J connectivity index is 1.76. The summed E-state index contributed by atoms with van der Waals surface area (Å²) in [5.41, 5.74) is 2.68. The Bertz CT molecular complexity index is 911. The number of rotatable bonds is 3. The van der Waals surface area contributed by atoms with Crippen LogP contribution in [-0.4, -0.2) is 38.1 Å². The molecular weight excluding hydrogens is 370 g/mol. The lowest BCUT2D eigenvalue weighted by Crippen LogP contribution is -2.34. The van der Waals surface area contributed by atoms with E-state index in [9.17, 15) is 13.2 Å². The minimum absolute atomic E-state index is 0.0365. The maximum Gasteiger partial charge on any atom is 0.227 e. The molecule has 6 heteroatoms. The van der Waals surface area contributed by atoms with Crippen LogP contribution in [0.4, 0.5) is 0 Å². The summed E-state index contributed by atoms with van der Waals surface area (Å²) in [6.07, 6.45) is 0.657. The van der Waals surface area contributed by atoms with E-state index in [4.69, 9.17) is 11.6 Å². The van der Waals surface area contributed by atoms with Crippen molar-refractivity contribution in [3.8, 4) is 0 Å². The van der Waals surface area contributed by atoms with Crippen molar-refractivity contribution >= 4 is 27.3 Å². The molecule has 0 bridgehead atoms. The third-order valence-corrected chi connectivity index (χ3v) is 7.24. The molecule has 1 amide bonds. The topological polar surface area (TPSA) is 54.5 Å². The van der Waals surface area contributed by atoms with Gasteiger partial charge < -0.3 is 4.90 Å². The van der Waals surface area contributed by atoms with Crippen molar-refractivity contribution in [2.75, 3.05) is 18.8 Å². The lowest BCUT2D eigenvalue weighted by atomic mass is 10.1. The summed E-state index contributed by atoms with van der Waals surface area (Å²) in [7, 11) is -3.36. The van der Waals surface area contributed by atoms with Gasteiger partial charge in [0.25, 0.3) is 0 Å². The minimum atomic E-state index is -3.36. The van der Waals surface area contributed by atoms with E-state index in [-0.39, 0.29) is 18.2 Å². The lowest BCUT2D eigenvalue weighted by Gasteiger charge is -2.20. The molecule has 1 aliphatic rings. The van der Waals surface area contributed by atoms with Crippen molar-refractivity contribution in [3.63, 3.8) is 0 Å². The Morgan fingerprint density at radius 1 is 1.15 bits per heavy atom. The molecule has 1 aliphatic heterocycles. The summed E-state index contributed by atoms with van der Waals surface area (Å²) in [6, 6.07) is 14.9. The quantitative estimate of drug-likeness (QED) is 0.803. The largest absolute Gasteiger partial charge is 0.341 e. The highest BCUT2D eigenvalue weighted by molar-refractivity contribution is 7.91. The first-order valence-corrected chi connectivity index (χ1v) is 10.8. The number of halogens is 1. The molecule has 3 rings (SSSR count). The normalized spacial score (nSPS) is 19.8. The van der Waals surface area contributed by atoms with E-state index in [1.165, 1.54) is 0 Å². The van der Waals surface area contributed by atoms with Crippen LogP contribution in [0.25, 0.3) is 0 Å². The number of carbonyl (C=O) groups is 1. The van der Waals surface area contributed by atoms with Gasteiger partial charge in [0.1, 0.15) is 0 Å². The minimum Gasteiger partial charge on any atom is -0.341 e. The second-order valence-electron chi connectivity index (χ2n) is 6.71. The molecule has 1 fully saturated rings. The number of benzene rings is 2.